The van der Waals surface area contributed by atoms with Crippen LogP contribution in [0.5, 0.6) is 0 Å². The van der Waals surface area contributed by atoms with Crippen molar-refractivity contribution in [2.45, 2.75) is 12.8 Å². The molecule has 1 aromatic carbocycles. The number of rotatable bonds is 2. The Kier molecular flexibility index (Phi) is 4.76. The number of carbonyl (C=O) groups excluding carboxylic acids is 2. The van der Waals surface area contributed by atoms with Crippen molar-refractivity contribution in [2.75, 3.05) is 32.5 Å². The van der Waals surface area contributed by atoms with Gasteiger partial charge in [-0.15, -0.1) is 0 Å². The molecule has 0 bridgehead atoms. The van der Waals surface area contributed by atoms with Gasteiger partial charge in [0.1, 0.15) is 0 Å². The normalized spacial score (nSPS) is 15.3. The van der Waals surface area contributed by atoms with Crippen molar-refractivity contribution in [1.29, 1.82) is 0 Å². The maximum absolute atomic E-state index is 12.6. The summed E-state index contributed by atoms with van der Waals surface area (Å²) >= 11 is 0. The third-order valence-electron chi connectivity index (χ3n) is 5.06. The summed E-state index contributed by atoms with van der Waals surface area (Å²) in [6, 6.07) is 5.45. The van der Waals surface area contributed by atoms with Gasteiger partial charge in [0.25, 0.3) is 0 Å². The van der Waals surface area contributed by atoms with Gasteiger partial charge >= 0.3 is 11.7 Å². The van der Waals surface area contributed by atoms with Crippen LogP contribution in [0.25, 0.3) is 11.0 Å². The predicted molar refractivity (Wildman–Crippen MR) is 100 cm³/mol. The molecule has 0 spiro atoms. The van der Waals surface area contributed by atoms with Crippen molar-refractivity contribution in [3.8, 4) is 0 Å². The van der Waals surface area contributed by atoms with Crippen LogP contribution in [0, 0.1) is 5.92 Å². The van der Waals surface area contributed by atoms with Crippen LogP contribution in [0.2, 0.25) is 0 Å². The van der Waals surface area contributed by atoms with Gasteiger partial charge in [0.05, 0.1) is 11.0 Å². The molecular formula is C18H25N5O3. The molecule has 1 N–H and O–H groups in total. The Labute approximate surface area is 152 Å². The summed E-state index contributed by atoms with van der Waals surface area (Å²) in [5, 5.41) is 2.95. The number of aromatic nitrogens is 2. The molecule has 8 heteroatoms. The van der Waals surface area contributed by atoms with Gasteiger partial charge in [-0.25, -0.2) is 9.59 Å². The molecule has 1 aromatic heterocycles. The van der Waals surface area contributed by atoms with Crippen molar-refractivity contribution >= 4 is 28.7 Å². The molecule has 1 aliphatic rings. The topological polar surface area (TPSA) is 79.6 Å². The number of benzene rings is 1. The highest BCUT2D eigenvalue weighted by atomic mass is 16.2. The zero-order valence-corrected chi connectivity index (χ0v) is 15.7. The van der Waals surface area contributed by atoms with E-state index < -0.39 is 0 Å². The molecule has 1 fully saturated rings. The second kappa shape index (κ2) is 6.86. The minimum absolute atomic E-state index is 0.0145. The summed E-state index contributed by atoms with van der Waals surface area (Å²) in [5.41, 5.74) is 2.18. The van der Waals surface area contributed by atoms with Crippen LogP contribution in [0.4, 0.5) is 10.5 Å². The molecule has 2 aromatic rings. The third kappa shape index (κ3) is 3.18. The van der Waals surface area contributed by atoms with Crippen molar-refractivity contribution < 1.29 is 9.59 Å². The zero-order chi connectivity index (χ0) is 19.0. The highest BCUT2D eigenvalue weighted by molar-refractivity contribution is 5.94. The first kappa shape index (κ1) is 18.0. The fourth-order valence-electron chi connectivity index (χ4n) is 3.44. The highest BCUT2D eigenvalue weighted by Gasteiger charge is 2.28. The number of fused-ring (bicyclic) bond motifs is 1. The van der Waals surface area contributed by atoms with Crippen LogP contribution in [-0.4, -0.2) is 58.1 Å². The number of amides is 3. The van der Waals surface area contributed by atoms with E-state index in [0.717, 1.165) is 11.0 Å². The monoisotopic (exact) mass is 359 g/mol. The molecule has 0 radical (unpaired) electrons. The molecular weight excluding hydrogens is 334 g/mol. The van der Waals surface area contributed by atoms with Crippen molar-refractivity contribution in [2.24, 2.45) is 20.0 Å². The summed E-state index contributed by atoms with van der Waals surface area (Å²) in [5.74, 6) is -0.154. The lowest BCUT2D eigenvalue weighted by molar-refractivity contribution is -0.121. The standard InChI is InChI=1S/C18H25N5O3/c1-20(2)17(25)23-9-7-12(8-10-23)16(24)19-13-5-6-14-15(11-13)22(4)18(26)21(14)3/h5-6,11-12H,7-10H2,1-4H3,(H,19,24). The molecule has 3 rings (SSSR count). The Morgan fingerprint density at radius 3 is 2.31 bits per heavy atom. The van der Waals surface area contributed by atoms with E-state index in [9.17, 15) is 14.4 Å². The number of hydrogen-bond acceptors (Lipinski definition) is 3. The summed E-state index contributed by atoms with van der Waals surface area (Å²) in [6.45, 7) is 1.17. The Bertz CT molecular complexity index is 903. The second-order valence-corrected chi connectivity index (χ2v) is 7.03. The smallest absolute Gasteiger partial charge is 0.328 e. The van der Waals surface area contributed by atoms with Gasteiger partial charge in [-0.1, -0.05) is 0 Å². The zero-order valence-electron chi connectivity index (χ0n) is 15.7. The first-order chi connectivity index (χ1) is 12.3. The lowest BCUT2D eigenvalue weighted by atomic mass is 9.96. The number of nitrogens with zero attached hydrogens (tertiary/aromatic N) is 4. The van der Waals surface area contributed by atoms with Gasteiger partial charge in [0.2, 0.25) is 5.91 Å². The van der Waals surface area contributed by atoms with E-state index in [1.165, 1.54) is 0 Å². The van der Waals surface area contributed by atoms with E-state index in [4.69, 9.17) is 0 Å². The molecule has 1 aliphatic heterocycles. The summed E-state index contributed by atoms with van der Waals surface area (Å²) in [4.78, 5) is 39.9. The molecule has 3 amide bonds. The van der Waals surface area contributed by atoms with E-state index in [0.29, 0.717) is 31.6 Å². The maximum Gasteiger partial charge on any atom is 0.328 e. The average Bonchev–Trinajstić information content (AvgIpc) is 2.85. The van der Waals surface area contributed by atoms with Crippen LogP contribution in [0.15, 0.2) is 23.0 Å². The lowest BCUT2D eigenvalue weighted by Crippen LogP contribution is -2.45. The van der Waals surface area contributed by atoms with Crippen LogP contribution in [0.3, 0.4) is 0 Å². The third-order valence-corrected chi connectivity index (χ3v) is 5.06. The molecule has 0 aliphatic carbocycles. The number of aryl methyl sites for hydroxylation is 2. The first-order valence-corrected chi connectivity index (χ1v) is 8.72. The minimum Gasteiger partial charge on any atom is -0.331 e. The summed E-state index contributed by atoms with van der Waals surface area (Å²) < 4.78 is 3.15. The van der Waals surface area contributed by atoms with Gasteiger partial charge < -0.3 is 15.1 Å². The van der Waals surface area contributed by atoms with Crippen LogP contribution >= 0.6 is 0 Å². The lowest BCUT2D eigenvalue weighted by Gasteiger charge is -2.33. The number of imidazole rings is 1. The fraction of sp³-hybridized carbons (Fsp3) is 0.500. The molecule has 1 saturated heterocycles. The van der Waals surface area contributed by atoms with E-state index in [2.05, 4.69) is 5.32 Å². The molecule has 0 saturated carbocycles. The quantitative estimate of drug-likeness (QED) is 0.875. The molecule has 0 unspecified atom stereocenters. The van der Waals surface area contributed by atoms with Gasteiger partial charge in [0, 0.05) is 52.9 Å². The number of anilines is 1. The Morgan fingerprint density at radius 1 is 1.08 bits per heavy atom. The van der Waals surface area contributed by atoms with E-state index in [-0.39, 0.29) is 23.5 Å². The Balaban J connectivity index is 1.67. The van der Waals surface area contributed by atoms with E-state index in [1.54, 1.807) is 47.1 Å². The molecule has 26 heavy (non-hydrogen) atoms. The van der Waals surface area contributed by atoms with Crippen LogP contribution in [-0.2, 0) is 18.9 Å². The molecule has 2 heterocycles. The SMILES string of the molecule is CN(C)C(=O)N1CCC(C(=O)Nc2ccc3c(c2)n(C)c(=O)n3C)CC1. The van der Waals surface area contributed by atoms with Gasteiger partial charge in [0.15, 0.2) is 0 Å². The highest BCUT2D eigenvalue weighted by Crippen LogP contribution is 2.22. The van der Waals surface area contributed by atoms with E-state index in [1.807, 2.05) is 18.2 Å². The number of carbonyl (C=O) groups is 2. The molecule has 8 nitrogen and oxygen atoms in total. The van der Waals surface area contributed by atoms with Crippen LogP contribution in [0.1, 0.15) is 12.8 Å². The number of hydrogen-bond donors (Lipinski definition) is 1. The maximum atomic E-state index is 12.6. The Hall–Kier alpha value is -2.77. The molecule has 0 atom stereocenters. The largest absolute Gasteiger partial charge is 0.331 e. The van der Waals surface area contributed by atoms with Gasteiger partial charge in [-0.05, 0) is 31.0 Å². The fourth-order valence-corrected chi connectivity index (χ4v) is 3.44. The minimum atomic E-state index is -0.114. The van der Waals surface area contributed by atoms with Crippen molar-refractivity contribution in [3.05, 3.63) is 28.7 Å². The summed E-state index contributed by atoms with van der Waals surface area (Å²) in [6.07, 6.45) is 1.30. The van der Waals surface area contributed by atoms with E-state index >= 15 is 0 Å². The number of piperidine rings is 1. The average molecular weight is 359 g/mol. The van der Waals surface area contributed by atoms with Gasteiger partial charge in [-0.3, -0.25) is 13.9 Å². The number of nitrogens with one attached hydrogen (secondary N) is 1. The van der Waals surface area contributed by atoms with Crippen molar-refractivity contribution in [3.63, 3.8) is 0 Å². The number of urea groups is 1. The van der Waals surface area contributed by atoms with Gasteiger partial charge in [-0.2, -0.15) is 0 Å². The molecule has 140 valence electrons. The second-order valence-electron chi connectivity index (χ2n) is 7.03. The van der Waals surface area contributed by atoms with Crippen molar-refractivity contribution in [1.82, 2.24) is 18.9 Å². The predicted octanol–water partition coefficient (Wildman–Crippen LogP) is 1.21. The number of likely N-dealkylation sites (tertiary alicyclic amines) is 1. The first-order valence-electron chi connectivity index (χ1n) is 8.72. The summed E-state index contributed by atoms with van der Waals surface area (Å²) in [7, 11) is 6.90. The van der Waals surface area contributed by atoms with Crippen LogP contribution < -0.4 is 11.0 Å². The Morgan fingerprint density at radius 2 is 1.69 bits per heavy atom.